The van der Waals surface area contributed by atoms with Gasteiger partial charge in [0.25, 0.3) is 0 Å². The summed E-state index contributed by atoms with van der Waals surface area (Å²) in [5.41, 5.74) is 4.28. The van der Waals surface area contributed by atoms with Gasteiger partial charge in [0.05, 0.1) is 0 Å². The second-order valence-corrected chi connectivity index (χ2v) is 4.88. The fraction of sp³-hybridized carbons (Fsp3) is 0.467. The van der Waals surface area contributed by atoms with E-state index in [-0.39, 0.29) is 24.8 Å². The maximum atomic E-state index is 3.39. The van der Waals surface area contributed by atoms with Crippen LogP contribution >= 0.6 is 24.8 Å². The molecule has 0 bridgehead atoms. The van der Waals surface area contributed by atoms with Crippen LogP contribution in [0.1, 0.15) is 18.4 Å². The lowest BCUT2D eigenvalue weighted by molar-refractivity contribution is 0.608. The number of halogens is 2. The van der Waals surface area contributed by atoms with Gasteiger partial charge in [0.15, 0.2) is 0 Å². The Kier molecular flexibility index (Phi) is 8.90. The van der Waals surface area contributed by atoms with Crippen molar-refractivity contribution in [2.45, 2.75) is 19.3 Å². The second-order valence-electron chi connectivity index (χ2n) is 4.88. The number of hydrogen-bond donors (Lipinski definition) is 1. The number of nitrogens with zero attached hydrogens (tertiary/aromatic N) is 1. The molecule has 0 aliphatic carbocycles. The van der Waals surface area contributed by atoms with Crippen molar-refractivity contribution in [3.63, 3.8) is 0 Å². The molecule has 1 aromatic rings. The lowest BCUT2D eigenvalue weighted by atomic mass is 10.0. The molecule has 1 aromatic carbocycles. The highest BCUT2D eigenvalue weighted by Gasteiger charge is 2.03. The van der Waals surface area contributed by atoms with Crippen LogP contribution in [0.4, 0.5) is 5.69 Å². The van der Waals surface area contributed by atoms with Crippen LogP contribution in [0.15, 0.2) is 35.9 Å². The van der Waals surface area contributed by atoms with Gasteiger partial charge in [-0.3, -0.25) is 0 Å². The monoisotopic (exact) mass is 302 g/mol. The number of rotatable bonds is 3. The highest BCUT2D eigenvalue weighted by molar-refractivity contribution is 5.85. The van der Waals surface area contributed by atoms with Crippen LogP contribution < -0.4 is 10.2 Å². The largest absolute Gasteiger partial charge is 0.378 e. The van der Waals surface area contributed by atoms with E-state index >= 15 is 0 Å². The fourth-order valence-corrected chi connectivity index (χ4v) is 2.14. The van der Waals surface area contributed by atoms with Gasteiger partial charge in [-0.15, -0.1) is 24.8 Å². The summed E-state index contributed by atoms with van der Waals surface area (Å²) in [5, 5.41) is 3.39. The topological polar surface area (TPSA) is 15.3 Å². The molecule has 1 heterocycles. The minimum absolute atomic E-state index is 0. The Morgan fingerprint density at radius 1 is 1.05 bits per heavy atom. The normalized spacial score (nSPS) is 14.1. The van der Waals surface area contributed by atoms with E-state index in [0.29, 0.717) is 0 Å². The molecule has 1 aliphatic heterocycles. The van der Waals surface area contributed by atoms with E-state index in [9.17, 15) is 0 Å². The van der Waals surface area contributed by atoms with Crippen molar-refractivity contribution in [2.75, 3.05) is 32.1 Å². The maximum absolute atomic E-state index is 3.39. The SMILES string of the molecule is CN(C)c1ccc(CC=C2CCNCC2)cc1.Cl.Cl. The molecule has 0 spiro atoms. The molecule has 1 saturated heterocycles. The Labute approximate surface area is 129 Å². The van der Waals surface area contributed by atoms with Gasteiger partial charge >= 0.3 is 0 Å². The Bertz CT molecular complexity index is 378. The van der Waals surface area contributed by atoms with Crippen molar-refractivity contribution < 1.29 is 0 Å². The maximum Gasteiger partial charge on any atom is 0.0361 e. The Morgan fingerprint density at radius 3 is 2.16 bits per heavy atom. The first kappa shape index (κ1) is 18.3. The molecule has 0 unspecified atom stereocenters. The van der Waals surface area contributed by atoms with Crippen LogP contribution in [0.3, 0.4) is 0 Å². The first-order valence-corrected chi connectivity index (χ1v) is 6.40. The lowest BCUT2D eigenvalue weighted by Crippen LogP contribution is -2.23. The minimum Gasteiger partial charge on any atom is -0.378 e. The zero-order valence-corrected chi connectivity index (χ0v) is 13.3. The third kappa shape index (κ3) is 5.85. The number of benzene rings is 1. The number of nitrogens with one attached hydrogen (secondary N) is 1. The average molecular weight is 303 g/mol. The fourth-order valence-electron chi connectivity index (χ4n) is 2.14. The molecule has 2 nitrogen and oxygen atoms in total. The lowest BCUT2D eigenvalue weighted by Gasteiger charge is -2.15. The van der Waals surface area contributed by atoms with E-state index in [0.717, 1.165) is 19.5 Å². The molecule has 0 saturated carbocycles. The Hall–Kier alpha value is -0.700. The number of piperidine rings is 1. The first-order valence-electron chi connectivity index (χ1n) is 6.40. The molecule has 0 aromatic heterocycles. The number of allylic oxidation sites excluding steroid dienone is 1. The van der Waals surface area contributed by atoms with Gasteiger partial charge in [0.2, 0.25) is 0 Å². The summed E-state index contributed by atoms with van der Waals surface area (Å²) in [4.78, 5) is 2.13. The van der Waals surface area contributed by atoms with Gasteiger partial charge in [-0.05, 0) is 50.0 Å². The van der Waals surface area contributed by atoms with Crippen molar-refractivity contribution in [3.05, 3.63) is 41.5 Å². The van der Waals surface area contributed by atoms with Gasteiger partial charge < -0.3 is 10.2 Å². The molecule has 4 heteroatoms. The van der Waals surface area contributed by atoms with Gasteiger partial charge in [-0.1, -0.05) is 23.8 Å². The molecule has 1 N–H and O–H groups in total. The van der Waals surface area contributed by atoms with Crippen molar-refractivity contribution >= 4 is 30.5 Å². The van der Waals surface area contributed by atoms with Gasteiger partial charge in [-0.2, -0.15) is 0 Å². The summed E-state index contributed by atoms with van der Waals surface area (Å²) in [6.45, 7) is 2.29. The van der Waals surface area contributed by atoms with E-state index in [1.54, 1.807) is 5.57 Å². The van der Waals surface area contributed by atoms with E-state index in [2.05, 4.69) is 54.7 Å². The predicted octanol–water partition coefficient (Wildman–Crippen LogP) is 3.45. The molecule has 108 valence electrons. The van der Waals surface area contributed by atoms with Crippen LogP contribution in [0.2, 0.25) is 0 Å². The summed E-state index contributed by atoms with van der Waals surface area (Å²) in [6.07, 6.45) is 5.92. The van der Waals surface area contributed by atoms with Crippen molar-refractivity contribution in [3.8, 4) is 0 Å². The number of anilines is 1. The molecule has 1 aliphatic rings. The van der Waals surface area contributed by atoms with Crippen molar-refractivity contribution in [1.82, 2.24) is 5.32 Å². The molecule has 0 radical (unpaired) electrons. The van der Waals surface area contributed by atoms with Crippen LogP contribution in [0, 0.1) is 0 Å². The highest BCUT2D eigenvalue weighted by Crippen LogP contribution is 2.15. The van der Waals surface area contributed by atoms with E-state index in [4.69, 9.17) is 0 Å². The smallest absolute Gasteiger partial charge is 0.0361 e. The van der Waals surface area contributed by atoms with Gasteiger partial charge in [-0.25, -0.2) is 0 Å². The molecule has 0 amide bonds. The third-order valence-electron chi connectivity index (χ3n) is 3.32. The molecule has 2 rings (SSSR count). The zero-order valence-electron chi connectivity index (χ0n) is 11.7. The molecular weight excluding hydrogens is 279 g/mol. The highest BCUT2D eigenvalue weighted by atomic mass is 35.5. The Morgan fingerprint density at radius 2 is 1.63 bits per heavy atom. The van der Waals surface area contributed by atoms with E-state index in [1.807, 2.05) is 0 Å². The summed E-state index contributed by atoms with van der Waals surface area (Å²) in [7, 11) is 4.15. The third-order valence-corrected chi connectivity index (χ3v) is 3.32. The van der Waals surface area contributed by atoms with Crippen LogP contribution in [-0.2, 0) is 6.42 Å². The van der Waals surface area contributed by atoms with Crippen molar-refractivity contribution in [1.29, 1.82) is 0 Å². The standard InChI is InChI=1S/C15H22N2.2ClH/c1-17(2)15-7-5-13(6-8-15)3-4-14-9-11-16-12-10-14;;/h4-8,16H,3,9-12H2,1-2H3;2*1H. The average Bonchev–Trinajstić information content (AvgIpc) is 2.38. The van der Waals surface area contributed by atoms with E-state index in [1.165, 1.54) is 24.1 Å². The molecule has 1 fully saturated rings. The second kappa shape index (κ2) is 9.24. The summed E-state index contributed by atoms with van der Waals surface area (Å²) < 4.78 is 0. The van der Waals surface area contributed by atoms with Crippen LogP contribution in [-0.4, -0.2) is 27.2 Å². The molecule has 19 heavy (non-hydrogen) atoms. The first-order chi connectivity index (χ1) is 8.25. The summed E-state index contributed by atoms with van der Waals surface area (Å²) >= 11 is 0. The number of hydrogen-bond acceptors (Lipinski definition) is 2. The minimum atomic E-state index is 0. The van der Waals surface area contributed by atoms with Crippen LogP contribution in [0.25, 0.3) is 0 Å². The summed E-state index contributed by atoms with van der Waals surface area (Å²) in [5.74, 6) is 0. The molecule has 0 atom stereocenters. The predicted molar refractivity (Wildman–Crippen MR) is 89.2 cm³/mol. The van der Waals surface area contributed by atoms with Crippen molar-refractivity contribution in [2.24, 2.45) is 0 Å². The van der Waals surface area contributed by atoms with Crippen LogP contribution in [0.5, 0.6) is 0 Å². The molecular formula is C15H24Cl2N2. The Balaban J connectivity index is 0.00000162. The zero-order chi connectivity index (χ0) is 12.1. The van der Waals surface area contributed by atoms with E-state index < -0.39 is 0 Å². The summed E-state index contributed by atoms with van der Waals surface area (Å²) in [6, 6.07) is 8.84. The van der Waals surface area contributed by atoms with Gasteiger partial charge in [0.1, 0.15) is 0 Å². The quantitative estimate of drug-likeness (QED) is 0.861. The van der Waals surface area contributed by atoms with Gasteiger partial charge in [0, 0.05) is 19.8 Å².